The van der Waals surface area contributed by atoms with Gasteiger partial charge < -0.3 is 5.32 Å². The van der Waals surface area contributed by atoms with E-state index in [9.17, 15) is 0 Å². The molecule has 0 amide bonds. The fourth-order valence-electron chi connectivity index (χ4n) is 2.15. The van der Waals surface area contributed by atoms with Crippen molar-refractivity contribution in [2.75, 3.05) is 6.54 Å². The number of halogens is 4. The zero-order valence-electron chi connectivity index (χ0n) is 11.5. The second kappa shape index (κ2) is 7.85. The van der Waals surface area contributed by atoms with Gasteiger partial charge in [0.1, 0.15) is 0 Å². The molecule has 5 heteroatoms. The average Bonchev–Trinajstić information content (AvgIpc) is 2.42. The van der Waals surface area contributed by atoms with Crippen molar-refractivity contribution in [1.82, 2.24) is 5.32 Å². The third-order valence-electron chi connectivity index (χ3n) is 3.15. The van der Waals surface area contributed by atoms with E-state index in [4.69, 9.17) is 34.8 Å². The lowest BCUT2D eigenvalue weighted by Gasteiger charge is -2.22. The van der Waals surface area contributed by atoms with E-state index < -0.39 is 0 Å². The van der Waals surface area contributed by atoms with Crippen LogP contribution < -0.4 is 5.32 Å². The quantitative estimate of drug-likeness (QED) is 0.597. The Morgan fingerprint density at radius 3 is 2.19 bits per heavy atom. The molecule has 0 fully saturated rings. The number of hydrogen-bond acceptors (Lipinski definition) is 1. The van der Waals surface area contributed by atoms with Crippen molar-refractivity contribution < 1.29 is 0 Å². The van der Waals surface area contributed by atoms with Crippen molar-refractivity contribution in [2.45, 2.75) is 19.4 Å². The maximum Gasteiger partial charge on any atom is 0.0602 e. The van der Waals surface area contributed by atoms with Gasteiger partial charge >= 0.3 is 0 Å². The zero-order chi connectivity index (χ0) is 15.4. The Balaban J connectivity index is 2.46. The van der Waals surface area contributed by atoms with Crippen LogP contribution in [-0.2, 0) is 0 Å². The minimum absolute atomic E-state index is 0.0126. The SMILES string of the molecule is CCCNC(c1ccc(Cl)cc1Cl)c1ccc(Cl)cc1Br. The van der Waals surface area contributed by atoms with Crippen molar-refractivity contribution in [3.05, 3.63) is 67.1 Å². The van der Waals surface area contributed by atoms with Crippen LogP contribution in [0.1, 0.15) is 30.5 Å². The second-order valence-corrected chi connectivity index (χ2v) is 6.85. The van der Waals surface area contributed by atoms with Gasteiger partial charge in [0.25, 0.3) is 0 Å². The summed E-state index contributed by atoms with van der Waals surface area (Å²) < 4.78 is 0.953. The Kier molecular flexibility index (Phi) is 6.39. The van der Waals surface area contributed by atoms with Gasteiger partial charge in [-0.05, 0) is 48.4 Å². The first-order chi connectivity index (χ1) is 10.0. The molecule has 0 saturated carbocycles. The molecule has 0 saturated heterocycles. The lowest BCUT2D eigenvalue weighted by atomic mass is 9.98. The van der Waals surface area contributed by atoms with Crippen LogP contribution >= 0.6 is 50.7 Å². The topological polar surface area (TPSA) is 12.0 Å². The van der Waals surface area contributed by atoms with Gasteiger partial charge in [-0.1, -0.05) is 69.8 Å². The molecule has 0 aliphatic heterocycles. The van der Waals surface area contributed by atoms with Crippen LogP contribution in [0.4, 0.5) is 0 Å². The molecule has 1 unspecified atom stereocenters. The fourth-order valence-corrected chi connectivity index (χ4v) is 3.58. The molecule has 2 aromatic carbocycles. The predicted molar refractivity (Wildman–Crippen MR) is 95.8 cm³/mol. The molecule has 0 aromatic heterocycles. The van der Waals surface area contributed by atoms with E-state index in [-0.39, 0.29) is 6.04 Å². The van der Waals surface area contributed by atoms with E-state index >= 15 is 0 Å². The van der Waals surface area contributed by atoms with E-state index in [1.165, 1.54) is 0 Å². The summed E-state index contributed by atoms with van der Waals surface area (Å²) in [6, 6.07) is 11.3. The number of benzene rings is 2. The first-order valence-corrected chi connectivity index (χ1v) is 8.59. The second-order valence-electron chi connectivity index (χ2n) is 4.72. The van der Waals surface area contributed by atoms with Gasteiger partial charge in [0.15, 0.2) is 0 Å². The van der Waals surface area contributed by atoms with Gasteiger partial charge in [-0.2, -0.15) is 0 Å². The molecule has 0 aliphatic rings. The standard InChI is InChI=1S/C16H15BrCl3N/c1-2-7-21-16(12-5-3-10(18)8-14(12)17)13-6-4-11(19)9-15(13)20/h3-6,8-9,16,21H,2,7H2,1H3. The Bertz CT molecular complexity index is 579. The summed E-state index contributed by atoms with van der Waals surface area (Å²) in [4.78, 5) is 0. The van der Waals surface area contributed by atoms with Crippen molar-refractivity contribution >= 4 is 50.7 Å². The maximum atomic E-state index is 6.37. The summed E-state index contributed by atoms with van der Waals surface area (Å²) in [6.45, 7) is 3.02. The van der Waals surface area contributed by atoms with Crippen LogP contribution in [-0.4, -0.2) is 6.54 Å². The molecule has 0 spiro atoms. The lowest BCUT2D eigenvalue weighted by Crippen LogP contribution is -2.23. The lowest BCUT2D eigenvalue weighted by molar-refractivity contribution is 0.597. The van der Waals surface area contributed by atoms with Gasteiger partial charge in [0.2, 0.25) is 0 Å². The maximum absolute atomic E-state index is 6.37. The molecule has 112 valence electrons. The van der Waals surface area contributed by atoms with Crippen LogP contribution in [0.2, 0.25) is 15.1 Å². The number of rotatable bonds is 5. The minimum atomic E-state index is -0.0126. The first-order valence-electron chi connectivity index (χ1n) is 6.66. The molecule has 1 N–H and O–H groups in total. The van der Waals surface area contributed by atoms with Crippen LogP contribution in [0.25, 0.3) is 0 Å². The van der Waals surface area contributed by atoms with Crippen molar-refractivity contribution in [3.8, 4) is 0 Å². The van der Waals surface area contributed by atoms with Gasteiger partial charge in [0, 0.05) is 19.5 Å². The molecule has 0 radical (unpaired) electrons. The van der Waals surface area contributed by atoms with Gasteiger partial charge in [0.05, 0.1) is 6.04 Å². The van der Waals surface area contributed by atoms with Crippen molar-refractivity contribution in [3.63, 3.8) is 0 Å². The van der Waals surface area contributed by atoms with E-state index in [0.717, 1.165) is 28.6 Å². The van der Waals surface area contributed by atoms with E-state index in [2.05, 4.69) is 28.2 Å². The predicted octanol–water partition coefficient (Wildman–Crippen LogP) is 6.50. The van der Waals surface area contributed by atoms with Crippen molar-refractivity contribution in [2.24, 2.45) is 0 Å². The third-order valence-corrected chi connectivity index (χ3v) is 4.63. The highest BCUT2D eigenvalue weighted by Gasteiger charge is 2.19. The van der Waals surface area contributed by atoms with Gasteiger partial charge in [-0.3, -0.25) is 0 Å². The normalized spacial score (nSPS) is 12.4. The Morgan fingerprint density at radius 1 is 1.00 bits per heavy atom. The molecule has 0 heterocycles. The third kappa shape index (κ3) is 4.37. The summed E-state index contributed by atoms with van der Waals surface area (Å²) in [5, 5.41) is 5.50. The fraction of sp³-hybridized carbons (Fsp3) is 0.250. The first kappa shape index (κ1) is 17.1. The van der Waals surface area contributed by atoms with Crippen LogP contribution in [0, 0.1) is 0 Å². The van der Waals surface area contributed by atoms with Crippen LogP contribution in [0.3, 0.4) is 0 Å². The molecule has 0 bridgehead atoms. The van der Waals surface area contributed by atoms with Crippen LogP contribution in [0.15, 0.2) is 40.9 Å². The molecule has 1 nitrogen and oxygen atoms in total. The summed E-state index contributed by atoms with van der Waals surface area (Å²) in [7, 11) is 0. The molecule has 2 rings (SSSR count). The molecular weight excluding hydrogens is 392 g/mol. The average molecular weight is 408 g/mol. The summed E-state index contributed by atoms with van der Waals surface area (Å²) in [5.41, 5.74) is 2.09. The summed E-state index contributed by atoms with van der Waals surface area (Å²) in [5.74, 6) is 0. The Labute approximate surface area is 148 Å². The largest absolute Gasteiger partial charge is 0.306 e. The van der Waals surface area contributed by atoms with Gasteiger partial charge in [-0.25, -0.2) is 0 Å². The molecule has 21 heavy (non-hydrogen) atoms. The number of hydrogen-bond donors (Lipinski definition) is 1. The summed E-state index contributed by atoms with van der Waals surface area (Å²) in [6.07, 6.45) is 1.03. The Morgan fingerprint density at radius 2 is 1.62 bits per heavy atom. The molecule has 0 aliphatic carbocycles. The highest BCUT2D eigenvalue weighted by Crippen LogP contribution is 2.35. The molecule has 1 atom stereocenters. The van der Waals surface area contributed by atoms with Crippen molar-refractivity contribution in [1.29, 1.82) is 0 Å². The van der Waals surface area contributed by atoms with E-state index in [1.807, 2.05) is 30.3 Å². The monoisotopic (exact) mass is 405 g/mol. The summed E-state index contributed by atoms with van der Waals surface area (Å²) >= 11 is 22.0. The smallest absolute Gasteiger partial charge is 0.0602 e. The highest BCUT2D eigenvalue weighted by molar-refractivity contribution is 9.10. The van der Waals surface area contributed by atoms with E-state index in [1.54, 1.807) is 6.07 Å². The molecular formula is C16H15BrCl3N. The minimum Gasteiger partial charge on any atom is -0.306 e. The zero-order valence-corrected chi connectivity index (χ0v) is 15.3. The Hall–Kier alpha value is -0.250. The van der Waals surface area contributed by atoms with Gasteiger partial charge in [-0.15, -0.1) is 0 Å². The number of nitrogens with one attached hydrogen (secondary N) is 1. The highest BCUT2D eigenvalue weighted by atomic mass is 79.9. The van der Waals surface area contributed by atoms with Crippen LogP contribution in [0.5, 0.6) is 0 Å². The molecule has 2 aromatic rings. The van der Waals surface area contributed by atoms with E-state index in [0.29, 0.717) is 15.1 Å².